The summed E-state index contributed by atoms with van der Waals surface area (Å²) in [6.45, 7) is 4.03. The molecule has 136 valence electrons. The number of H-pyrrole nitrogens is 2. The number of fused-ring (bicyclic) bond motifs is 1. The molecule has 3 aromatic heterocycles. The molecule has 0 amide bonds. The third-order valence-electron chi connectivity index (χ3n) is 4.29. The van der Waals surface area contributed by atoms with E-state index in [0.29, 0.717) is 22.1 Å². The van der Waals surface area contributed by atoms with Crippen molar-refractivity contribution in [3.05, 3.63) is 63.9 Å². The highest BCUT2D eigenvalue weighted by Crippen LogP contribution is 2.30. The smallest absolute Gasteiger partial charge is 0.256 e. The van der Waals surface area contributed by atoms with Gasteiger partial charge in [-0.25, -0.2) is 9.97 Å². The molecule has 8 heteroatoms. The largest absolute Gasteiger partial charge is 0.338 e. The molecule has 0 aliphatic carbocycles. The molecule has 0 atom stereocenters. The van der Waals surface area contributed by atoms with Crippen LogP contribution in [0.1, 0.15) is 25.5 Å². The minimum atomic E-state index is -0.164. The number of hydrogen-bond acceptors (Lipinski definition) is 5. The number of pyridine rings is 1. The van der Waals surface area contributed by atoms with Crippen molar-refractivity contribution < 1.29 is 0 Å². The molecule has 0 saturated carbocycles. The minimum Gasteiger partial charge on any atom is -0.338 e. The van der Waals surface area contributed by atoms with Gasteiger partial charge in [-0.2, -0.15) is 5.10 Å². The minimum absolute atomic E-state index is 0.107. The summed E-state index contributed by atoms with van der Waals surface area (Å²) in [5.41, 5.74) is 3.31. The van der Waals surface area contributed by atoms with Crippen molar-refractivity contribution in [2.75, 3.05) is 5.32 Å². The fourth-order valence-corrected chi connectivity index (χ4v) is 3.16. The Morgan fingerprint density at radius 2 is 2.04 bits per heavy atom. The van der Waals surface area contributed by atoms with E-state index in [0.717, 1.165) is 22.3 Å². The number of rotatable bonds is 4. The van der Waals surface area contributed by atoms with Gasteiger partial charge in [0.1, 0.15) is 12.1 Å². The Balaban J connectivity index is 1.86. The van der Waals surface area contributed by atoms with Gasteiger partial charge in [0.25, 0.3) is 5.56 Å². The summed E-state index contributed by atoms with van der Waals surface area (Å²) >= 11 is 6.10. The van der Waals surface area contributed by atoms with Crippen molar-refractivity contribution in [2.24, 2.45) is 0 Å². The standard InChI is InChI=1S/C19H17ClN6O/c1-10(2)16-15(24-17-14-8-23-26-18(14)22-9-21-17)7-13(19(27)25-16)11-4-3-5-12(20)6-11/h3-10H,1-2H3,(H,25,27)(H2,21,22,23,24,26). The van der Waals surface area contributed by atoms with Crippen molar-refractivity contribution in [2.45, 2.75) is 19.8 Å². The number of aromatic amines is 2. The van der Waals surface area contributed by atoms with Crippen LogP contribution in [0.2, 0.25) is 5.02 Å². The fraction of sp³-hybridized carbons (Fsp3) is 0.158. The van der Waals surface area contributed by atoms with E-state index in [9.17, 15) is 4.79 Å². The second-order valence-corrected chi connectivity index (χ2v) is 6.92. The quantitative estimate of drug-likeness (QED) is 0.492. The zero-order valence-corrected chi connectivity index (χ0v) is 15.5. The molecule has 1 aromatic carbocycles. The lowest BCUT2D eigenvalue weighted by Gasteiger charge is -2.16. The fourth-order valence-electron chi connectivity index (χ4n) is 2.97. The van der Waals surface area contributed by atoms with Crippen LogP contribution >= 0.6 is 11.6 Å². The number of nitrogens with one attached hydrogen (secondary N) is 3. The molecule has 7 nitrogen and oxygen atoms in total. The second-order valence-electron chi connectivity index (χ2n) is 6.48. The molecule has 4 rings (SSSR count). The summed E-state index contributed by atoms with van der Waals surface area (Å²) < 4.78 is 0. The predicted molar refractivity (Wildman–Crippen MR) is 107 cm³/mol. The van der Waals surface area contributed by atoms with Gasteiger partial charge in [-0.05, 0) is 29.7 Å². The van der Waals surface area contributed by atoms with Gasteiger partial charge in [-0.1, -0.05) is 37.6 Å². The average Bonchev–Trinajstić information content (AvgIpc) is 3.12. The SMILES string of the molecule is CC(C)c1[nH]c(=O)c(-c2cccc(Cl)c2)cc1Nc1ncnc2[nH]ncc12. The Labute approximate surface area is 159 Å². The van der Waals surface area contributed by atoms with Crippen molar-refractivity contribution in [1.82, 2.24) is 25.1 Å². The van der Waals surface area contributed by atoms with E-state index in [2.05, 4.69) is 30.5 Å². The normalized spacial score (nSPS) is 11.3. The van der Waals surface area contributed by atoms with E-state index in [1.807, 2.05) is 32.0 Å². The molecule has 0 bridgehead atoms. The molecule has 0 aliphatic heterocycles. The Morgan fingerprint density at radius 1 is 1.19 bits per heavy atom. The van der Waals surface area contributed by atoms with E-state index in [1.165, 1.54) is 6.33 Å². The van der Waals surface area contributed by atoms with Crippen LogP contribution in [-0.4, -0.2) is 25.1 Å². The highest BCUT2D eigenvalue weighted by atomic mass is 35.5. The Kier molecular flexibility index (Phi) is 4.37. The first-order chi connectivity index (χ1) is 13.0. The van der Waals surface area contributed by atoms with Gasteiger partial charge in [0.2, 0.25) is 0 Å². The lowest BCUT2D eigenvalue weighted by Crippen LogP contribution is -2.15. The maximum atomic E-state index is 12.7. The molecule has 3 N–H and O–H groups in total. The summed E-state index contributed by atoms with van der Waals surface area (Å²) in [6.07, 6.45) is 3.12. The highest BCUT2D eigenvalue weighted by Gasteiger charge is 2.15. The third-order valence-corrected chi connectivity index (χ3v) is 4.52. The molecule has 4 aromatic rings. The van der Waals surface area contributed by atoms with Crippen LogP contribution in [0.3, 0.4) is 0 Å². The van der Waals surface area contributed by atoms with Gasteiger partial charge >= 0.3 is 0 Å². The highest BCUT2D eigenvalue weighted by molar-refractivity contribution is 6.30. The first-order valence-electron chi connectivity index (χ1n) is 8.47. The summed E-state index contributed by atoms with van der Waals surface area (Å²) in [4.78, 5) is 24.1. The maximum absolute atomic E-state index is 12.7. The molecular formula is C19H17ClN6O. The molecule has 0 spiro atoms. The lowest BCUT2D eigenvalue weighted by atomic mass is 10.0. The van der Waals surface area contributed by atoms with E-state index in [-0.39, 0.29) is 11.5 Å². The van der Waals surface area contributed by atoms with Gasteiger partial charge in [0, 0.05) is 16.3 Å². The molecule has 0 unspecified atom stereocenters. The summed E-state index contributed by atoms with van der Waals surface area (Å²) in [6, 6.07) is 9.05. The van der Waals surface area contributed by atoms with Crippen LogP contribution in [0.5, 0.6) is 0 Å². The van der Waals surface area contributed by atoms with Gasteiger partial charge < -0.3 is 10.3 Å². The van der Waals surface area contributed by atoms with Crippen LogP contribution in [0.15, 0.2) is 47.7 Å². The summed E-state index contributed by atoms with van der Waals surface area (Å²) in [7, 11) is 0. The van der Waals surface area contributed by atoms with Crippen LogP contribution < -0.4 is 10.9 Å². The zero-order chi connectivity index (χ0) is 19.0. The molecule has 0 aliphatic rings. The number of anilines is 2. The second kappa shape index (κ2) is 6.85. The number of halogens is 1. The van der Waals surface area contributed by atoms with Gasteiger partial charge in [0.15, 0.2) is 5.65 Å². The molecular weight excluding hydrogens is 364 g/mol. The maximum Gasteiger partial charge on any atom is 0.256 e. The molecule has 0 fully saturated rings. The number of hydrogen-bond donors (Lipinski definition) is 3. The van der Waals surface area contributed by atoms with Crippen molar-refractivity contribution in [1.29, 1.82) is 0 Å². The number of aromatic nitrogens is 5. The zero-order valence-electron chi connectivity index (χ0n) is 14.7. The van der Waals surface area contributed by atoms with Crippen molar-refractivity contribution in [3.63, 3.8) is 0 Å². The Hall–Kier alpha value is -3.19. The Bertz CT molecular complexity index is 1180. The molecule has 27 heavy (non-hydrogen) atoms. The van der Waals surface area contributed by atoms with E-state index in [4.69, 9.17) is 11.6 Å². The summed E-state index contributed by atoms with van der Waals surface area (Å²) in [5, 5.41) is 11.5. The van der Waals surface area contributed by atoms with E-state index in [1.54, 1.807) is 18.3 Å². The van der Waals surface area contributed by atoms with E-state index < -0.39 is 0 Å². The lowest BCUT2D eigenvalue weighted by molar-refractivity contribution is 0.819. The van der Waals surface area contributed by atoms with Gasteiger partial charge in [-0.3, -0.25) is 9.89 Å². The third kappa shape index (κ3) is 3.29. The van der Waals surface area contributed by atoms with Crippen molar-refractivity contribution in [3.8, 4) is 11.1 Å². The van der Waals surface area contributed by atoms with Gasteiger partial charge in [-0.15, -0.1) is 0 Å². The average molecular weight is 381 g/mol. The Morgan fingerprint density at radius 3 is 2.81 bits per heavy atom. The topological polar surface area (TPSA) is 99.4 Å². The van der Waals surface area contributed by atoms with Crippen LogP contribution in [0.4, 0.5) is 11.5 Å². The van der Waals surface area contributed by atoms with Crippen LogP contribution in [-0.2, 0) is 0 Å². The summed E-state index contributed by atoms with van der Waals surface area (Å²) in [5.74, 6) is 0.718. The molecule has 0 saturated heterocycles. The monoisotopic (exact) mass is 380 g/mol. The first-order valence-corrected chi connectivity index (χ1v) is 8.85. The van der Waals surface area contributed by atoms with Crippen LogP contribution in [0.25, 0.3) is 22.2 Å². The number of nitrogens with zero attached hydrogens (tertiary/aromatic N) is 3. The van der Waals surface area contributed by atoms with E-state index >= 15 is 0 Å². The molecule has 3 heterocycles. The number of benzene rings is 1. The van der Waals surface area contributed by atoms with Crippen LogP contribution in [0, 0.1) is 0 Å². The van der Waals surface area contributed by atoms with Crippen molar-refractivity contribution >= 4 is 34.1 Å². The van der Waals surface area contributed by atoms with Gasteiger partial charge in [0.05, 0.1) is 17.3 Å². The molecule has 0 radical (unpaired) electrons. The first kappa shape index (κ1) is 17.2. The predicted octanol–water partition coefficient (Wildman–Crippen LogP) is 4.23.